The van der Waals surface area contributed by atoms with Gasteiger partial charge >= 0.3 is 0 Å². The van der Waals surface area contributed by atoms with Crippen LogP contribution in [0.4, 0.5) is 5.69 Å². The third-order valence-corrected chi connectivity index (χ3v) is 9.42. The first-order chi connectivity index (χ1) is 16.4. The molecule has 0 aromatic heterocycles. The van der Waals surface area contributed by atoms with Gasteiger partial charge in [0.1, 0.15) is 23.0 Å². The summed E-state index contributed by atoms with van der Waals surface area (Å²) in [6, 6.07) is 3.11. The molecule has 5 atom stereocenters. The van der Waals surface area contributed by atoms with Crippen LogP contribution in [0, 0.1) is 5.41 Å². The molecule has 0 aliphatic carbocycles. The molecule has 186 valence electrons. The highest BCUT2D eigenvalue weighted by Gasteiger charge is 2.84. The van der Waals surface area contributed by atoms with E-state index in [1.807, 2.05) is 52.0 Å². The molecule has 0 bridgehead atoms. The molecule has 9 nitrogen and oxygen atoms in total. The minimum atomic E-state index is -1.85. The van der Waals surface area contributed by atoms with Gasteiger partial charge in [-0.1, -0.05) is 19.9 Å². The SMILES string of the molecule is CC1(C)C=Cc2c(ccc3c2N[C@@]24N5C(=O)[C@@]6(O)CCCN6C(=O)[C@@H]5C[C@@]32O[C@H](CO)C4(C)C)O1. The second-order valence-corrected chi connectivity index (χ2v) is 11.9. The number of nitrogens with one attached hydrogen (secondary N) is 1. The quantitative estimate of drug-likeness (QED) is 0.558. The highest BCUT2D eigenvalue weighted by atomic mass is 16.5. The van der Waals surface area contributed by atoms with Crippen molar-refractivity contribution in [2.75, 3.05) is 18.5 Å². The van der Waals surface area contributed by atoms with Crippen LogP contribution in [-0.4, -0.2) is 74.1 Å². The summed E-state index contributed by atoms with van der Waals surface area (Å²) in [6.07, 6.45) is 4.48. The Morgan fingerprint density at radius 1 is 1.20 bits per heavy atom. The lowest BCUT2D eigenvalue weighted by Gasteiger charge is -2.53. The maximum atomic E-state index is 14.1. The summed E-state index contributed by atoms with van der Waals surface area (Å²) >= 11 is 0. The number of ether oxygens (including phenoxy) is 2. The summed E-state index contributed by atoms with van der Waals surface area (Å²) in [6.45, 7) is 8.03. The van der Waals surface area contributed by atoms with Crippen LogP contribution in [0.3, 0.4) is 0 Å². The molecule has 6 aliphatic heterocycles. The number of carbonyl (C=O) groups excluding carboxylic acids is 2. The smallest absolute Gasteiger partial charge is 0.278 e. The van der Waals surface area contributed by atoms with Gasteiger partial charge in [0.2, 0.25) is 11.6 Å². The van der Waals surface area contributed by atoms with Gasteiger partial charge in [-0.05, 0) is 38.5 Å². The minimum Gasteiger partial charge on any atom is -0.483 e. The predicted molar refractivity (Wildman–Crippen MR) is 125 cm³/mol. The molecule has 35 heavy (non-hydrogen) atoms. The largest absolute Gasteiger partial charge is 0.483 e. The van der Waals surface area contributed by atoms with Gasteiger partial charge in [0, 0.05) is 35.9 Å². The van der Waals surface area contributed by atoms with Crippen molar-refractivity contribution in [3.05, 3.63) is 29.3 Å². The van der Waals surface area contributed by atoms with Crippen molar-refractivity contribution in [1.29, 1.82) is 0 Å². The molecule has 1 aromatic rings. The normalized spacial score (nSPS) is 41.0. The molecular formula is C26H31N3O6. The van der Waals surface area contributed by atoms with Crippen molar-refractivity contribution in [3.8, 4) is 5.75 Å². The molecule has 6 heterocycles. The van der Waals surface area contributed by atoms with Crippen LogP contribution in [0.15, 0.2) is 18.2 Å². The van der Waals surface area contributed by atoms with Crippen LogP contribution in [0.5, 0.6) is 5.75 Å². The monoisotopic (exact) mass is 481 g/mol. The first-order valence-electron chi connectivity index (χ1n) is 12.4. The summed E-state index contributed by atoms with van der Waals surface area (Å²) in [5.74, 6) is 0.00836. The van der Waals surface area contributed by atoms with E-state index in [1.165, 1.54) is 4.90 Å². The Bertz CT molecular complexity index is 1240. The van der Waals surface area contributed by atoms with Gasteiger partial charge in [-0.15, -0.1) is 0 Å². The van der Waals surface area contributed by atoms with E-state index in [0.29, 0.717) is 13.0 Å². The summed E-state index contributed by atoms with van der Waals surface area (Å²) < 4.78 is 12.9. The van der Waals surface area contributed by atoms with Gasteiger partial charge < -0.3 is 29.9 Å². The molecule has 3 N–H and O–H groups in total. The number of amides is 2. The lowest BCUT2D eigenvalue weighted by Crippen LogP contribution is -2.75. The van der Waals surface area contributed by atoms with Gasteiger partial charge in [0.15, 0.2) is 5.66 Å². The van der Waals surface area contributed by atoms with Gasteiger partial charge in [-0.2, -0.15) is 0 Å². The Balaban J connectivity index is 1.48. The number of rotatable bonds is 1. The third kappa shape index (κ3) is 2.11. The maximum absolute atomic E-state index is 14.1. The van der Waals surface area contributed by atoms with Crippen LogP contribution in [0.2, 0.25) is 0 Å². The van der Waals surface area contributed by atoms with Crippen molar-refractivity contribution >= 4 is 23.6 Å². The molecule has 0 radical (unpaired) electrons. The van der Waals surface area contributed by atoms with Gasteiger partial charge in [0.25, 0.3) is 5.91 Å². The number of aliphatic hydroxyl groups excluding tert-OH is 1. The number of fused-ring (bicyclic) bond motifs is 5. The minimum absolute atomic E-state index is 0.211. The third-order valence-electron chi connectivity index (χ3n) is 9.42. The number of aliphatic hydroxyl groups is 2. The predicted octanol–water partition coefficient (Wildman–Crippen LogP) is 1.53. The fourth-order valence-corrected chi connectivity index (χ4v) is 7.77. The zero-order chi connectivity index (χ0) is 24.8. The molecule has 6 aliphatic rings. The molecule has 0 unspecified atom stereocenters. The molecule has 4 fully saturated rings. The fourth-order valence-electron chi connectivity index (χ4n) is 7.77. The van der Waals surface area contributed by atoms with Crippen LogP contribution in [0.1, 0.15) is 58.1 Å². The Morgan fingerprint density at radius 3 is 2.71 bits per heavy atom. The average Bonchev–Trinajstić information content (AvgIpc) is 3.45. The first-order valence-corrected chi connectivity index (χ1v) is 12.4. The highest BCUT2D eigenvalue weighted by molar-refractivity contribution is 6.02. The van der Waals surface area contributed by atoms with E-state index in [4.69, 9.17) is 9.47 Å². The molecule has 4 saturated heterocycles. The highest BCUT2D eigenvalue weighted by Crippen LogP contribution is 2.71. The van der Waals surface area contributed by atoms with E-state index in [1.54, 1.807) is 4.90 Å². The van der Waals surface area contributed by atoms with Crippen molar-refractivity contribution in [1.82, 2.24) is 9.80 Å². The van der Waals surface area contributed by atoms with E-state index in [-0.39, 0.29) is 25.4 Å². The van der Waals surface area contributed by atoms with Crippen LogP contribution < -0.4 is 10.1 Å². The topological polar surface area (TPSA) is 112 Å². The van der Waals surface area contributed by atoms with E-state index in [0.717, 1.165) is 22.6 Å². The van der Waals surface area contributed by atoms with Crippen molar-refractivity contribution in [2.45, 2.75) is 81.7 Å². The maximum Gasteiger partial charge on any atom is 0.278 e. The molecule has 9 heteroatoms. The number of hydrogen-bond acceptors (Lipinski definition) is 7. The summed E-state index contributed by atoms with van der Waals surface area (Å²) in [5, 5.41) is 25.4. The second kappa shape index (κ2) is 6.02. The second-order valence-electron chi connectivity index (χ2n) is 11.9. The molecule has 1 aromatic carbocycles. The van der Waals surface area contributed by atoms with E-state index < -0.39 is 46.1 Å². The van der Waals surface area contributed by atoms with E-state index in [2.05, 4.69) is 5.32 Å². The van der Waals surface area contributed by atoms with Gasteiger partial charge in [0.05, 0.1) is 18.4 Å². The molecule has 0 spiro atoms. The number of hydrogen-bond donors (Lipinski definition) is 3. The summed E-state index contributed by atoms with van der Waals surface area (Å²) in [7, 11) is 0. The number of piperazine rings is 1. The number of anilines is 1. The molecule has 7 rings (SSSR count). The number of benzene rings is 1. The Kier molecular flexibility index (Phi) is 3.72. The number of nitrogens with zero attached hydrogens (tertiary/aromatic N) is 2. The van der Waals surface area contributed by atoms with Crippen LogP contribution in [-0.2, 0) is 19.9 Å². The Hall–Kier alpha value is -2.62. The van der Waals surface area contributed by atoms with E-state index >= 15 is 0 Å². The van der Waals surface area contributed by atoms with Crippen LogP contribution in [0.25, 0.3) is 6.08 Å². The average molecular weight is 482 g/mol. The van der Waals surface area contributed by atoms with Gasteiger partial charge in [-0.3, -0.25) is 14.5 Å². The lowest BCUT2D eigenvalue weighted by atomic mass is 9.69. The van der Waals surface area contributed by atoms with Crippen molar-refractivity contribution in [3.63, 3.8) is 0 Å². The Morgan fingerprint density at radius 2 is 1.97 bits per heavy atom. The zero-order valence-corrected chi connectivity index (χ0v) is 20.4. The number of carbonyl (C=O) groups is 2. The van der Waals surface area contributed by atoms with E-state index in [9.17, 15) is 19.8 Å². The standard InChI is InChI=1S/C26H31N3O6/c1-22(2)10-8-14-17(34-22)7-6-15-19(14)27-26-23(3,4)18(13-30)35-24(15,26)12-16-20(31)28-11-5-9-25(28,33)21(32)29(16)26/h6-8,10,16,18,27,30,33H,5,9,11-13H2,1-4H3/t16-,18+,24+,25-,26-/m0/s1. The van der Waals surface area contributed by atoms with Crippen molar-refractivity contribution < 1.29 is 29.3 Å². The molecule has 2 amide bonds. The first kappa shape index (κ1) is 21.6. The summed E-state index contributed by atoms with van der Waals surface area (Å²) in [5.41, 5.74) is -2.83. The molecule has 0 saturated carbocycles. The Labute approximate surface area is 203 Å². The van der Waals surface area contributed by atoms with Crippen molar-refractivity contribution in [2.24, 2.45) is 5.41 Å². The zero-order valence-electron chi connectivity index (χ0n) is 20.4. The van der Waals surface area contributed by atoms with Crippen LogP contribution >= 0.6 is 0 Å². The summed E-state index contributed by atoms with van der Waals surface area (Å²) in [4.78, 5) is 30.7. The fraction of sp³-hybridized carbons (Fsp3) is 0.615. The lowest BCUT2D eigenvalue weighted by molar-refractivity contribution is -0.199. The molecular weight excluding hydrogens is 450 g/mol. The van der Waals surface area contributed by atoms with Gasteiger partial charge in [-0.25, -0.2) is 0 Å².